The lowest BCUT2D eigenvalue weighted by Gasteiger charge is -2.08. The van der Waals surface area contributed by atoms with E-state index >= 15 is 0 Å². The molecule has 0 fully saturated rings. The summed E-state index contributed by atoms with van der Waals surface area (Å²) < 4.78 is 1.14. The first-order valence-corrected chi connectivity index (χ1v) is 8.13. The van der Waals surface area contributed by atoms with E-state index in [0.29, 0.717) is 11.6 Å². The molecule has 0 saturated heterocycles. The predicted molar refractivity (Wildman–Crippen MR) is 88.0 cm³/mol. The number of nitrogens with one attached hydrogen (secondary N) is 1. The van der Waals surface area contributed by atoms with Gasteiger partial charge in [-0.05, 0) is 18.7 Å². The maximum atomic E-state index is 12.1. The molecule has 1 aromatic heterocycles. The Kier molecular flexibility index (Phi) is 5.55. The van der Waals surface area contributed by atoms with Gasteiger partial charge in [-0.15, -0.1) is 11.8 Å². The molecule has 118 valence electrons. The Hall–Kier alpha value is -2.59. The number of amides is 1. The summed E-state index contributed by atoms with van der Waals surface area (Å²) >= 11 is 1.22. The van der Waals surface area contributed by atoms with Crippen molar-refractivity contribution in [2.75, 3.05) is 6.26 Å². The normalized spacial score (nSPS) is 10.1. The molecular formula is C16H16N4O2S. The topological polar surface area (TPSA) is 87.8 Å². The minimum absolute atomic E-state index is 0.0358. The van der Waals surface area contributed by atoms with Crippen LogP contribution in [0.4, 0.5) is 0 Å². The lowest BCUT2D eigenvalue weighted by molar-refractivity contribution is -0.121. The Morgan fingerprint density at radius 2 is 2.09 bits per heavy atom. The van der Waals surface area contributed by atoms with Gasteiger partial charge in [0.05, 0.1) is 6.33 Å². The molecule has 2 rings (SSSR count). The number of carbonyl (C=O) groups excluding carboxylic acids is 1. The smallest absolute Gasteiger partial charge is 0.272 e. The van der Waals surface area contributed by atoms with Crippen LogP contribution in [0.3, 0.4) is 0 Å². The second-order valence-electron chi connectivity index (χ2n) is 4.94. The van der Waals surface area contributed by atoms with E-state index in [1.54, 1.807) is 6.26 Å². The molecule has 0 unspecified atom stereocenters. The number of thioether (sulfide) groups is 1. The number of hydrogen-bond acceptors (Lipinski definition) is 5. The summed E-state index contributed by atoms with van der Waals surface area (Å²) in [5, 5.41) is 12.2. The molecule has 1 heterocycles. The largest absolute Gasteiger partial charge is 0.350 e. The first-order chi connectivity index (χ1) is 11.0. The molecule has 0 radical (unpaired) electrons. The van der Waals surface area contributed by atoms with Gasteiger partial charge in [0.25, 0.3) is 5.56 Å². The minimum atomic E-state index is -0.502. The fourth-order valence-electron chi connectivity index (χ4n) is 1.95. The first-order valence-electron chi connectivity index (χ1n) is 6.91. The SMILES string of the molecule is CSc1ncn(CC(=O)NCc2ccc(C)cc2)c(=O)c1C#N. The van der Waals surface area contributed by atoms with Crippen molar-refractivity contribution in [3.63, 3.8) is 0 Å². The number of benzene rings is 1. The van der Waals surface area contributed by atoms with E-state index in [1.165, 1.54) is 18.1 Å². The number of aryl methyl sites for hydroxylation is 1. The first kappa shape index (κ1) is 16.8. The Labute approximate surface area is 138 Å². The average molecular weight is 328 g/mol. The van der Waals surface area contributed by atoms with Crippen molar-refractivity contribution in [1.29, 1.82) is 5.26 Å². The Bertz CT molecular complexity index is 806. The molecule has 2 aromatic rings. The molecule has 0 saturated carbocycles. The molecule has 1 aromatic carbocycles. The number of nitrogens with zero attached hydrogens (tertiary/aromatic N) is 3. The summed E-state index contributed by atoms with van der Waals surface area (Å²) in [7, 11) is 0. The highest BCUT2D eigenvalue weighted by molar-refractivity contribution is 7.98. The molecule has 0 atom stereocenters. The van der Waals surface area contributed by atoms with Crippen LogP contribution in [-0.2, 0) is 17.9 Å². The Balaban J connectivity index is 2.05. The average Bonchev–Trinajstić information content (AvgIpc) is 2.56. The van der Waals surface area contributed by atoms with Gasteiger partial charge in [-0.3, -0.25) is 14.2 Å². The highest BCUT2D eigenvalue weighted by atomic mass is 32.2. The van der Waals surface area contributed by atoms with Gasteiger partial charge in [0, 0.05) is 6.54 Å². The zero-order valence-corrected chi connectivity index (χ0v) is 13.7. The van der Waals surface area contributed by atoms with Crippen molar-refractivity contribution in [2.45, 2.75) is 25.0 Å². The number of rotatable bonds is 5. The van der Waals surface area contributed by atoms with Crippen molar-refractivity contribution >= 4 is 17.7 Å². The molecule has 0 aliphatic carbocycles. The second-order valence-corrected chi connectivity index (χ2v) is 5.73. The van der Waals surface area contributed by atoms with E-state index in [4.69, 9.17) is 5.26 Å². The minimum Gasteiger partial charge on any atom is -0.350 e. The number of nitriles is 1. The van der Waals surface area contributed by atoms with E-state index in [-0.39, 0.29) is 18.0 Å². The third kappa shape index (κ3) is 4.20. The van der Waals surface area contributed by atoms with Gasteiger partial charge >= 0.3 is 0 Å². The Morgan fingerprint density at radius 1 is 1.39 bits per heavy atom. The van der Waals surface area contributed by atoms with Gasteiger partial charge < -0.3 is 5.32 Å². The highest BCUT2D eigenvalue weighted by Crippen LogP contribution is 2.12. The standard InChI is InChI=1S/C16H16N4O2S/c1-11-3-5-12(6-4-11)8-18-14(21)9-20-10-19-15(23-2)13(7-17)16(20)22/h3-6,10H,8-9H2,1-2H3,(H,18,21). The van der Waals surface area contributed by atoms with E-state index in [2.05, 4.69) is 10.3 Å². The zero-order chi connectivity index (χ0) is 16.8. The molecule has 0 spiro atoms. The van der Waals surface area contributed by atoms with Crippen LogP contribution in [0.2, 0.25) is 0 Å². The molecular weight excluding hydrogens is 312 g/mol. The van der Waals surface area contributed by atoms with Crippen LogP contribution in [0.1, 0.15) is 16.7 Å². The lowest BCUT2D eigenvalue weighted by Crippen LogP contribution is -2.33. The van der Waals surface area contributed by atoms with Crippen LogP contribution in [0.25, 0.3) is 0 Å². The van der Waals surface area contributed by atoms with Crippen molar-refractivity contribution in [3.05, 3.63) is 57.6 Å². The van der Waals surface area contributed by atoms with Gasteiger partial charge in [-0.1, -0.05) is 29.8 Å². The number of aromatic nitrogens is 2. The highest BCUT2D eigenvalue weighted by Gasteiger charge is 2.12. The van der Waals surface area contributed by atoms with Crippen LogP contribution in [0.5, 0.6) is 0 Å². The monoisotopic (exact) mass is 328 g/mol. The summed E-state index contributed by atoms with van der Waals surface area (Å²) in [6, 6.07) is 9.65. The fraction of sp³-hybridized carbons (Fsp3) is 0.250. The van der Waals surface area contributed by atoms with Crippen LogP contribution in [-0.4, -0.2) is 21.7 Å². The van der Waals surface area contributed by atoms with E-state index < -0.39 is 5.56 Å². The lowest BCUT2D eigenvalue weighted by atomic mass is 10.1. The van der Waals surface area contributed by atoms with Gasteiger partial charge in [0.15, 0.2) is 0 Å². The molecule has 1 amide bonds. The van der Waals surface area contributed by atoms with Gasteiger partial charge in [0.1, 0.15) is 23.2 Å². The van der Waals surface area contributed by atoms with Crippen LogP contribution in [0, 0.1) is 18.3 Å². The molecule has 23 heavy (non-hydrogen) atoms. The van der Waals surface area contributed by atoms with E-state index in [9.17, 15) is 9.59 Å². The molecule has 6 nitrogen and oxygen atoms in total. The third-order valence-corrected chi connectivity index (χ3v) is 3.93. The number of carbonyl (C=O) groups is 1. The van der Waals surface area contributed by atoms with Crippen LogP contribution < -0.4 is 10.9 Å². The summed E-state index contributed by atoms with van der Waals surface area (Å²) in [6.07, 6.45) is 3.03. The van der Waals surface area contributed by atoms with Gasteiger partial charge in [-0.25, -0.2) is 4.98 Å². The van der Waals surface area contributed by atoms with Crippen molar-refractivity contribution in [3.8, 4) is 6.07 Å². The summed E-state index contributed by atoms with van der Waals surface area (Å²) in [5.41, 5.74) is 1.59. The third-order valence-electron chi connectivity index (χ3n) is 3.23. The van der Waals surface area contributed by atoms with Crippen molar-refractivity contribution < 1.29 is 4.79 Å². The maximum absolute atomic E-state index is 12.1. The molecule has 0 bridgehead atoms. The van der Waals surface area contributed by atoms with E-state index in [0.717, 1.165) is 15.7 Å². The predicted octanol–water partition coefficient (Wildman–Crippen LogP) is 1.46. The summed E-state index contributed by atoms with van der Waals surface area (Å²) in [5.74, 6) is -0.310. The van der Waals surface area contributed by atoms with Gasteiger partial charge in [-0.2, -0.15) is 5.26 Å². The zero-order valence-electron chi connectivity index (χ0n) is 12.9. The Morgan fingerprint density at radius 3 is 2.70 bits per heavy atom. The fourth-order valence-corrected chi connectivity index (χ4v) is 2.44. The summed E-state index contributed by atoms with van der Waals surface area (Å²) in [4.78, 5) is 28.1. The van der Waals surface area contributed by atoms with E-state index in [1.807, 2.05) is 37.3 Å². The molecule has 0 aliphatic heterocycles. The molecule has 1 N–H and O–H groups in total. The van der Waals surface area contributed by atoms with Crippen molar-refractivity contribution in [1.82, 2.24) is 14.9 Å². The van der Waals surface area contributed by atoms with Crippen molar-refractivity contribution in [2.24, 2.45) is 0 Å². The molecule has 7 heteroatoms. The molecule has 0 aliphatic rings. The number of hydrogen-bond donors (Lipinski definition) is 1. The quantitative estimate of drug-likeness (QED) is 0.663. The van der Waals surface area contributed by atoms with Crippen LogP contribution in [0.15, 0.2) is 40.4 Å². The summed E-state index contributed by atoms with van der Waals surface area (Å²) in [6.45, 7) is 2.21. The van der Waals surface area contributed by atoms with Crippen LogP contribution >= 0.6 is 11.8 Å². The van der Waals surface area contributed by atoms with Gasteiger partial charge in [0.2, 0.25) is 5.91 Å². The maximum Gasteiger partial charge on any atom is 0.272 e. The second kappa shape index (κ2) is 7.61.